The number of carbonyl (C=O) groups is 1. The van der Waals surface area contributed by atoms with Crippen LogP contribution in [0.5, 0.6) is 0 Å². The fraction of sp³-hybridized carbons (Fsp3) is 0.500. The lowest BCUT2D eigenvalue weighted by Crippen LogP contribution is -2.46. The number of aryl methyl sites for hydroxylation is 1. The molecule has 0 atom stereocenters. The summed E-state index contributed by atoms with van der Waals surface area (Å²) in [4.78, 5) is 14.3. The molecule has 1 amide bonds. The van der Waals surface area contributed by atoms with Gasteiger partial charge in [-0.05, 0) is 38.5 Å². The van der Waals surface area contributed by atoms with Gasteiger partial charge >= 0.3 is 0 Å². The Morgan fingerprint density at radius 2 is 2.17 bits per heavy atom. The zero-order valence-corrected chi connectivity index (χ0v) is 12.0. The van der Waals surface area contributed by atoms with Gasteiger partial charge in [0.15, 0.2) is 0 Å². The van der Waals surface area contributed by atoms with Gasteiger partial charge in [0, 0.05) is 34.8 Å². The fourth-order valence-electron chi connectivity index (χ4n) is 2.15. The van der Waals surface area contributed by atoms with Gasteiger partial charge < -0.3 is 10.6 Å². The van der Waals surface area contributed by atoms with Gasteiger partial charge in [0.2, 0.25) is 0 Å². The standard InChI is InChI=1S/C14H20N2OS/c1-10-4-5-11(8-12(10)15)13(17)16-6-7-18-14(2,3)9-16/h4-5,8H,6-7,9,15H2,1-3H3. The number of thioether (sulfide) groups is 1. The first-order chi connectivity index (χ1) is 8.39. The highest BCUT2D eigenvalue weighted by molar-refractivity contribution is 8.00. The molecule has 18 heavy (non-hydrogen) atoms. The first kappa shape index (κ1) is 13.3. The van der Waals surface area contributed by atoms with Gasteiger partial charge in [0.25, 0.3) is 5.91 Å². The first-order valence-electron chi connectivity index (χ1n) is 6.18. The zero-order valence-electron chi connectivity index (χ0n) is 11.2. The molecular weight excluding hydrogens is 244 g/mol. The van der Waals surface area contributed by atoms with E-state index in [1.807, 2.05) is 35.7 Å². The molecule has 1 aromatic carbocycles. The van der Waals surface area contributed by atoms with E-state index < -0.39 is 0 Å². The minimum Gasteiger partial charge on any atom is -0.398 e. The molecule has 1 aromatic rings. The molecule has 0 aromatic heterocycles. The van der Waals surface area contributed by atoms with Crippen LogP contribution in [0, 0.1) is 6.92 Å². The molecule has 0 radical (unpaired) electrons. The van der Waals surface area contributed by atoms with Crippen molar-refractivity contribution in [1.82, 2.24) is 4.90 Å². The first-order valence-corrected chi connectivity index (χ1v) is 7.17. The second-order valence-corrected chi connectivity index (χ2v) is 7.21. The van der Waals surface area contributed by atoms with E-state index in [0.29, 0.717) is 11.3 Å². The maximum Gasteiger partial charge on any atom is 0.254 e. The Hall–Kier alpha value is -1.16. The smallest absolute Gasteiger partial charge is 0.254 e. The van der Waals surface area contributed by atoms with Crippen molar-refractivity contribution in [1.29, 1.82) is 0 Å². The van der Waals surface area contributed by atoms with Gasteiger partial charge in [-0.3, -0.25) is 4.79 Å². The lowest BCUT2D eigenvalue weighted by molar-refractivity contribution is 0.0748. The molecule has 2 rings (SSSR count). The normalized spacial score (nSPS) is 18.7. The van der Waals surface area contributed by atoms with Crippen molar-refractivity contribution < 1.29 is 4.79 Å². The lowest BCUT2D eigenvalue weighted by Gasteiger charge is -2.37. The van der Waals surface area contributed by atoms with Gasteiger partial charge in [-0.2, -0.15) is 11.8 Å². The summed E-state index contributed by atoms with van der Waals surface area (Å²) in [6.45, 7) is 7.93. The summed E-state index contributed by atoms with van der Waals surface area (Å²) in [5, 5.41) is 0. The van der Waals surface area contributed by atoms with Crippen LogP contribution in [0.1, 0.15) is 29.8 Å². The van der Waals surface area contributed by atoms with Crippen molar-refractivity contribution >= 4 is 23.4 Å². The molecule has 1 saturated heterocycles. The monoisotopic (exact) mass is 264 g/mol. The summed E-state index contributed by atoms with van der Waals surface area (Å²) in [6, 6.07) is 5.56. The maximum atomic E-state index is 12.4. The van der Waals surface area contributed by atoms with E-state index in [1.54, 1.807) is 6.07 Å². The highest BCUT2D eigenvalue weighted by Crippen LogP contribution is 2.30. The van der Waals surface area contributed by atoms with Crippen LogP contribution in [0.25, 0.3) is 0 Å². The molecule has 0 bridgehead atoms. The number of nitrogens with zero attached hydrogens (tertiary/aromatic N) is 1. The van der Waals surface area contributed by atoms with Gasteiger partial charge in [-0.15, -0.1) is 0 Å². The molecule has 0 aliphatic carbocycles. The number of hydrogen-bond acceptors (Lipinski definition) is 3. The number of anilines is 1. The number of amides is 1. The van der Waals surface area contributed by atoms with Gasteiger partial charge in [-0.1, -0.05) is 6.07 Å². The van der Waals surface area contributed by atoms with Gasteiger partial charge in [0.1, 0.15) is 0 Å². The molecule has 2 N–H and O–H groups in total. The number of rotatable bonds is 1. The molecule has 1 heterocycles. The molecule has 3 nitrogen and oxygen atoms in total. The number of benzene rings is 1. The summed E-state index contributed by atoms with van der Waals surface area (Å²) >= 11 is 1.92. The third kappa shape index (κ3) is 2.80. The Bertz CT molecular complexity index is 471. The molecule has 0 spiro atoms. The Kier molecular flexibility index (Phi) is 3.57. The van der Waals surface area contributed by atoms with E-state index in [4.69, 9.17) is 5.73 Å². The van der Waals surface area contributed by atoms with Crippen LogP contribution in [-0.4, -0.2) is 34.4 Å². The second kappa shape index (κ2) is 4.84. The quantitative estimate of drug-likeness (QED) is 0.793. The van der Waals surface area contributed by atoms with E-state index >= 15 is 0 Å². The van der Waals surface area contributed by atoms with Crippen LogP contribution in [0.4, 0.5) is 5.69 Å². The molecule has 4 heteroatoms. The van der Waals surface area contributed by atoms with Crippen LogP contribution in [0.3, 0.4) is 0 Å². The van der Waals surface area contributed by atoms with Crippen molar-refractivity contribution in [3.05, 3.63) is 29.3 Å². The Balaban J connectivity index is 2.18. The molecule has 1 aliphatic heterocycles. The van der Waals surface area contributed by atoms with Crippen LogP contribution in [0.2, 0.25) is 0 Å². The molecule has 0 unspecified atom stereocenters. The summed E-state index contributed by atoms with van der Waals surface area (Å²) in [5.74, 6) is 1.09. The Morgan fingerprint density at radius 3 is 2.78 bits per heavy atom. The van der Waals surface area contributed by atoms with Crippen molar-refractivity contribution in [3.8, 4) is 0 Å². The zero-order chi connectivity index (χ0) is 13.3. The van der Waals surface area contributed by atoms with Gasteiger partial charge in [0.05, 0.1) is 0 Å². The fourth-order valence-corrected chi connectivity index (χ4v) is 3.26. The molecule has 0 saturated carbocycles. The Labute approximate surface area is 113 Å². The number of nitrogens with two attached hydrogens (primary N) is 1. The van der Waals surface area contributed by atoms with Crippen molar-refractivity contribution in [2.75, 3.05) is 24.6 Å². The predicted octanol–water partition coefficient (Wildman–Crippen LogP) is 2.54. The van der Waals surface area contributed by atoms with E-state index in [0.717, 1.165) is 24.4 Å². The van der Waals surface area contributed by atoms with Gasteiger partial charge in [-0.25, -0.2) is 0 Å². The number of carbonyl (C=O) groups excluding carboxylic acids is 1. The molecule has 98 valence electrons. The molecule has 1 fully saturated rings. The summed E-state index contributed by atoms with van der Waals surface area (Å²) in [6.07, 6.45) is 0. The highest BCUT2D eigenvalue weighted by atomic mass is 32.2. The van der Waals surface area contributed by atoms with E-state index in [2.05, 4.69) is 13.8 Å². The third-order valence-corrected chi connectivity index (χ3v) is 4.54. The van der Waals surface area contributed by atoms with E-state index in [1.165, 1.54) is 0 Å². The van der Waals surface area contributed by atoms with Crippen molar-refractivity contribution in [2.45, 2.75) is 25.5 Å². The largest absolute Gasteiger partial charge is 0.398 e. The molecular formula is C14H20N2OS. The average molecular weight is 264 g/mol. The highest BCUT2D eigenvalue weighted by Gasteiger charge is 2.30. The van der Waals surface area contributed by atoms with E-state index in [9.17, 15) is 4.79 Å². The number of hydrogen-bond donors (Lipinski definition) is 1. The van der Waals surface area contributed by atoms with E-state index in [-0.39, 0.29) is 10.7 Å². The third-order valence-electron chi connectivity index (χ3n) is 3.24. The average Bonchev–Trinajstić information content (AvgIpc) is 2.30. The summed E-state index contributed by atoms with van der Waals surface area (Å²) < 4.78 is 0.143. The van der Waals surface area contributed by atoms with Crippen LogP contribution in [0.15, 0.2) is 18.2 Å². The minimum atomic E-state index is 0.0927. The second-order valence-electron chi connectivity index (χ2n) is 5.41. The summed E-state index contributed by atoms with van der Waals surface area (Å²) in [7, 11) is 0. The van der Waals surface area contributed by atoms with Crippen LogP contribution < -0.4 is 5.73 Å². The molecule has 1 aliphatic rings. The van der Waals surface area contributed by atoms with Crippen molar-refractivity contribution in [3.63, 3.8) is 0 Å². The van der Waals surface area contributed by atoms with Crippen LogP contribution >= 0.6 is 11.8 Å². The van der Waals surface area contributed by atoms with Crippen LogP contribution in [-0.2, 0) is 0 Å². The topological polar surface area (TPSA) is 46.3 Å². The SMILES string of the molecule is Cc1ccc(C(=O)N2CCSC(C)(C)C2)cc1N. The predicted molar refractivity (Wildman–Crippen MR) is 78.0 cm³/mol. The number of nitrogen functional groups attached to an aromatic ring is 1. The summed E-state index contributed by atoms with van der Waals surface area (Å²) in [5.41, 5.74) is 8.26. The maximum absolute atomic E-state index is 12.4. The minimum absolute atomic E-state index is 0.0927. The lowest BCUT2D eigenvalue weighted by atomic mass is 10.1. The van der Waals surface area contributed by atoms with Crippen molar-refractivity contribution in [2.24, 2.45) is 0 Å². The Morgan fingerprint density at radius 1 is 1.44 bits per heavy atom.